The molecule has 0 spiro atoms. The zero-order valence-electron chi connectivity index (χ0n) is 17.1. The van der Waals surface area contributed by atoms with Crippen LogP contribution in [-0.4, -0.2) is 20.7 Å². The Balaban J connectivity index is 1.65. The third-order valence-electron chi connectivity index (χ3n) is 4.79. The Morgan fingerprint density at radius 1 is 1.03 bits per heavy atom. The molecule has 4 rings (SSSR count). The quantitative estimate of drug-likeness (QED) is 0.275. The number of para-hydroxylation sites is 1. The Labute approximate surface area is 199 Å². The summed E-state index contributed by atoms with van der Waals surface area (Å²) in [5.41, 5.74) is 1.93. The van der Waals surface area contributed by atoms with Crippen molar-refractivity contribution in [2.24, 2.45) is 0 Å². The third kappa shape index (κ3) is 5.15. The number of thioether (sulfide) groups is 1. The van der Waals surface area contributed by atoms with Crippen LogP contribution in [0.2, 0.25) is 10.0 Å². The van der Waals surface area contributed by atoms with Crippen molar-refractivity contribution in [1.29, 1.82) is 0 Å². The van der Waals surface area contributed by atoms with E-state index in [1.807, 2.05) is 42.5 Å². The summed E-state index contributed by atoms with van der Waals surface area (Å²) in [6.07, 6.45) is 0. The van der Waals surface area contributed by atoms with Crippen LogP contribution < -0.4 is 10.9 Å². The summed E-state index contributed by atoms with van der Waals surface area (Å²) < 4.78 is 1.61. The van der Waals surface area contributed by atoms with Gasteiger partial charge in [-0.15, -0.1) is 0 Å². The molecule has 0 saturated heterocycles. The molecular formula is C24H19Cl2N3O2S. The molecule has 1 aromatic heterocycles. The molecule has 4 aromatic rings. The number of nitrogens with zero attached hydrogens (tertiary/aromatic N) is 2. The molecule has 0 bridgehead atoms. The van der Waals surface area contributed by atoms with Crippen LogP contribution >= 0.6 is 35.0 Å². The molecule has 0 saturated carbocycles. The van der Waals surface area contributed by atoms with Crippen LogP contribution in [0.4, 0.5) is 5.69 Å². The van der Waals surface area contributed by atoms with Gasteiger partial charge in [0.2, 0.25) is 5.91 Å². The van der Waals surface area contributed by atoms with Gasteiger partial charge < -0.3 is 5.32 Å². The van der Waals surface area contributed by atoms with Crippen molar-refractivity contribution in [1.82, 2.24) is 9.55 Å². The largest absolute Gasteiger partial charge is 0.325 e. The lowest BCUT2D eigenvalue weighted by molar-refractivity contribution is -0.115. The maximum Gasteiger partial charge on any atom is 0.262 e. The lowest BCUT2D eigenvalue weighted by atomic mass is 10.2. The van der Waals surface area contributed by atoms with Gasteiger partial charge in [-0.25, -0.2) is 4.98 Å². The van der Waals surface area contributed by atoms with E-state index in [1.165, 1.54) is 11.8 Å². The average Bonchev–Trinajstić information content (AvgIpc) is 2.76. The van der Waals surface area contributed by atoms with Crippen molar-refractivity contribution in [2.45, 2.75) is 23.9 Å². The van der Waals surface area contributed by atoms with Crippen LogP contribution in [0, 0.1) is 0 Å². The van der Waals surface area contributed by atoms with Gasteiger partial charge >= 0.3 is 0 Å². The van der Waals surface area contributed by atoms with E-state index >= 15 is 0 Å². The Kier molecular flexibility index (Phi) is 6.84. The van der Waals surface area contributed by atoms with Gasteiger partial charge in [0.1, 0.15) is 0 Å². The zero-order chi connectivity index (χ0) is 22.7. The van der Waals surface area contributed by atoms with Gasteiger partial charge in [0, 0.05) is 15.7 Å². The minimum absolute atomic E-state index is 0.142. The maximum absolute atomic E-state index is 13.3. The number of hydrogen-bond donors (Lipinski definition) is 1. The number of fused-ring (bicyclic) bond motifs is 1. The van der Waals surface area contributed by atoms with Crippen molar-refractivity contribution in [3.8, 4) is 0 Å². The first-order valence-electron chi connectivity index (χ1n) is 9.88. The van der Waals surface area contributed by atoms with Gasteiger partial charge in [0.25, 0.3) is 5.56 Å². The fraction of sp³-hybridized carbons (Fsp3) is 0.125. The van der Waals surface area contributed by atoms with Gasteiger partial charge in [-0.3, -0.25) is 14.2 Å². The van der Waals surface area contributed by atoms with E-state index in [1.54, 1.807) is 41.8 Å². The number of rotatable bonds is 6. The fourth-order valence-electron chi connectivity index (χ4n) is 3.22. The van der Waals surface area contributed by atoms with Crippen LogP contribution in [0.1, 0.15) is 12.5 Å². The topological polar surface area (TPSA) is 64.0 Å². The highest BCUT2D eigenvalue weighted by molar-refractivity contribution is 8.00. The predicted octanol–water partition coefficient (Wildman–Crippen LogP) is 5.87. The van der Waals surface area contributed by atoms with Gasteiger partial charge in [-0.1, -0.05) is 77.4 Å². The summed E-state index contributed by atoms with van der Waals surface area (Å²) in [6.45, 7) is 2.12. The molecule has 0 radical (unpaired) electrons. The Bertz CT molecular complexity index is 1320. The van der Waals surface area contributed by atoms with Crippen LogP contribution in [0.25, 0.3) is 10.9 Å². The van der Waals surface area contributed by atoms with E-state index in [0.29, 0.717) is 38.3 Å². The number of amides is 1. The molecule has 162 valence electrons. The lowest BCUT2D eigenvalue weighted by Crippen LogP contribution is -2.27. The molecule has 0 fully saturated rings. The molecule has 0 aliphatic carbocycles. The van der Waals surface area contributed by atoms with E-state index in [9.17, 15) is 9.59 Å². The fourth-order valence-corrected chi connectivity index (χ4v) is 4.66. The molecule has 1 atom stereocenters. The molecule has 0 unspecified atom stereocenters. The summed E-state index contributed by atoms with van der Waals surface area (Å²) in [4.78, 5) is 30.8. The lowest BCUT2D eigenvalue weighted by Gasteiger charge is -2.17. The zero-order valence-corrected chi connectivity index (χ0v) is 19.4. The van der Waals surface area contributed by atoms with E-state index in [4.69, 9.17) is 28.2 Å². The number of anilines is 1. The van der Waals surface area contributed by atoms with Crippen molar-refractivity contribution in [2.75, 3.05) is 5.32 Å². The second kappa shape index (κ2) is 9.77. The van der Waals surface area contributed by atoms with E-state index in [0.717, 1.165) is 5.56 Å². The standard InChI is InChI=1S/C24H19Cl2N3O2S/c1-15(22(30)27-19-12-17(25)11-18(26)13-19)32-24-28-21-10-6-5-9-20(21)23(31)29(24)14-16-7-3-2-4-8-16/h2-13,15H,14H2,1H3,(H,27,30)/t15-/m1/s1. The smallest absolute Gasteiger partial charge is 0.262 e. The molecule has 1 amide bonds. The monoisotopic (exact) mass is 483 g/mol. The summed E-state index contributed by atoms with van der Waals surface area (Å²) in [5, 5.41) is 4.18. The number of hydrogen-bond acceptors (Lipinski definition) is 4. The van der Waals surface area contributed by atoms with Crippen LogP contribution in [0.5, 0.6) is 0 Å². The van der Waals surface area contributed by atoms with Gasteiger partial charge in [-0.05, 0) is 42.8 Å². The molecular weight excluding hydrogens is 465 g/mol. The molecule has 1 N–H and O–H groups in total. The second-order valence-electron chi connectivity index (χ2n) is 7.20. The molecule has 3 aromatic carbocycles. The molecule has 1 heterocycles. The highest BCUT2D eigenvalue weighted by Crippen LogP contribution is 2.26. The maximum atomic E-state index is 13.3. The Morgan fingerprint density at radius 3 is 2.41 bits per heavy atom. The Hall–Kier alpha value is -2.80. The normalized spacial score (nSPS) is 12.0. The van der Waals surface area contributed by atoms with Crippen molar-refractivity contribution < 1.29 is 4.79 Å². The van der Waals surface area contributed by atoms with Crippen LogP contribution in [0.15, 0.2) is 82.7 Å². The highest BCUT2D eigenvalue weighted by Gasteiger charge is 2.20. The minimum atomic E-state index is -0.525. The van der Waals surface area contributed by atoms with Crippen molar-refractivity contribution >= 4 is 57.5 Å². The average molecular weight is 484 g/mol. The summed E-state index contributed by atoms with van der Waals surface area (Å²) in [7, 11) is 0. The van der Waals surface area contributed by atoms with E-state index in [-0.39, 0.29) is 11.5 Å². The first kappa shape index (κ1) is 22.4. The number of carbonyl (C=O) groups excluding carboxylic acids is 1. The van der Waals surface area contributed by atoms with Gasteiger partial charge in [-0.2, -0.15) is 0 Å². The molecule has 5 nitrogen and oxygen atoms in total. The number of aromatic nitrogens is 2. The summed E-state index contributed by atoms with van der Waals surface area (Å²) >= 11 is 13.3. The summed E-state index contributed by atoms with van der Waals surface area (Å²) in [6, 6.07) is 21.7. The van der Waals surface area contributed by atoms with E-state index < -0.39 is 5.25 Å². The van der Waals surface area contributed by atoms with Gasteiger partial charge in [0.15, 0.2) is 5.16 Å². The molecule has 0 aliphatic heterocycles. The highest BCUT2D eigenvalue weighted by atomic mass is 35.5. The summed E-state index contributed by atoms with van der Waals surface area (Å²) in [5.74, 6) is -0.248. The van der Waals surface area contributed by atoms with Crippen LogP contribution in [-0.2, 0) is 11.3 Å². The Morgan fingerprint density at radius 2 is 1.69 bits per heavy atom. The molecule has 0 aliphatic rings. The molecule has 8 heteroatoms. The predicted molar refractivity (Wildman–Crippen MR) is 132 cm³/mol. The number of carbonyl (C=O) groups is 1. The first-order valence-corrected chi connectivity index (χ1v) is 11.5. The minimum Gasteiger partial charge on any atom is -0.325 e. The second-order valence-corrected chi connectivity index (χ2v) is 9.38. The van der Waals surface area contributed by atoms with E-state index in [2.05, 4.69) is 5.32 Å². The number of nitrogens with one attached hydrogen (secondary N) is 1. The van der Waals surface area contributed by atoms with Gasteiger partial charge in [0.05, 0.1) is 22.7 Å². The molecule has 32 heavy (non-hydrogen) atoms. The van der Waals surface area contributed by atoms with Crippen molar-refractivity contribution in [3.63, 3.8) is 0 Å². The SMILES string of the molecule is C[C@@H](Sc1nc2ccccc2c(=O)n1Cc1ccccc1)C(=O)Nc1cc(Cl)cc(Cl)c1. The van der Waals surface area contributed by atoms with Crippen molar-refractivity contribution in [3.05, 3.63) is 98.8 Å². The number of halogens is 2. The third-order valence-corrected chi connectivity index (χ3v) is 6.32. The number of benzene rings is 3. The first-order chi connectivity index (χ1) is 15.4. The van der Waals surface area contributed by atoms with Crippen LogP contribution in [0.3, 0.4) is 0 Å².